The maximum atomic E-state index is 12.4. The van der Waals surface area contributed by atoms with Gasteiger partial charge in [0.05, 0.1) is 10.5 Å². The molecule has 1 amide bonds. The molecule has 0 aliphatic heterocycles. The first-order chi connectivity index (χ1) is 9.75. The number of carboxylic acids is 1. The summed E-state index contributed by atoms with van der Waals surface area (Å²) in [6, 6.07) is 4.85. The average Bonchev–Trinajstić information content (AvgIpc) is 2.47. The fourth-order valence-electron chi connectivity index (χ4n) is 1.92. The first kappa shape index (κ1) is 17.2. The highest BCUT2D eigenvalue weighted by molar-refractivity contribution is 7.92. The van der Waals surface area contributed by atoms with Crippen LogP contribution in [-0.4, -0.2) is 48.6 Å². The number of hydrogen-bond donors (Lipinski definition) is 1. The minimum absolute atomic E-state index is 0.00308. The largest absolute Gasteiger partial charge is 0.478 e. The van der Waals surface area contributed by atoms with Gasteiger partial charge in [-0.2, -0.15) is 0 Å². The Labute approximate surface area is 124 Å². The van der Waals surface area contributed by atoms with Crippen LogP contribution in [-0.2, 0) is 14.6 Å². The molecule has 0 spiro atoms. The summed E-state index contributed by atoms with van der Waals surface area (Å²) in [6.45, 7) is 5.78. The number of benzene rings is 1. The highest BCUT2D eigenvalue weighted by Crippen LogP contribution is 2.18. The van der Waals surface area contributed by atoms with Gasteiger partial charge < -0.3 is 10.0 Å². The highest BCUT2D eigenvalue weighted by Gasteiger charge is 2.32. The molecule has 1 N–H and O–H groups in total. The molecule has 0 saturated carbocycles. The molecule has 0 bridgehead atoms. The van der Waals surface area contributed by atoms with E-state index in [2.05, 4.69) is 0 Å². The van der Waals surface area contributed by atoms with Crippen LogP contribution in [0.3, 0.4) is 0 Å². The normalized spacial score (nSPS) is 12.7. The molecule has 0 saturated heterocycles. The summed E-state index contributed by atoms with van der Waals surface area (Å²) in [7, 11) is -3.83. The van der Waals surface area contributed by atoms with E-state index in [4.69, 9.17) is 5.11 Å². The summed E-state index contributed by atoms with van der Waals surface area (Å²) in [5, 5.41) is 7.60. The molecule has 1 rings (SSSR count). The molecule has 116 valence electrons. The van der Waals surface area contributed by atoms with Gasteiger partial charge in [-0.3, -0.25) is 4.79 Å². The maximum Gasteiger partial charge on any atom is 0.335 e. The summed E-state index contributed by atoms with van der Waals surface area (Å²) in [5.41, 5.74) is -0.00308. The molecule has 0 heterocycles. The van der Waals surface area contributed by atoms with E-state index in [1.54, 1.807) is 13.8 Å². The van der Waals surface area contributed by atoms with Crippen molar-refractivity contribution in [3.8, 4) is 0 Å². The van der Waals surface area contributed by atoms with Gasteiger partial charge in [-0.1, -0.05) is 0 Å². The maximum absolute atomic E-state index is 12.4. The lowest BCUT2D eigenvalue weighted by Crippen LogP contribution is -2.41. The Morgan fingerprint density at radius 3 is 2.00 bits per heavy atom. The van der Waals surface area contributed by atoms with Crippen LogP contribution in [0.4, 0.5) is 0 Å². The monoisotopic (exact) mass is 313 g/mol. The van der Waals surface area contributed by atoms with Crippen LogP contribution in [0.25, 0.3) is 0 Å². The zero-order valence-corrected chi connectivity index (χ0v) is 13.1. The first-order valence-electron chi connectivity index (χ1n) is 6.61. The lowest BCUT2D eigenvalue weighted by atomic mass is 10.2. The predicted molar refractivity (Wildman–Crippen MR) is 78.0 cm³/mol. The molecule has 0 aliphatic rings. The second kappa shape index (κ2) is 6.71. The summed E-state index contributed by atoms with van der Waals surface area (Å²) >= 11 is 0. The van der Waals surface area contributed by atoms with E-state index in [1.807, 2.05) is 0 Å². The predicted octanol–water partition coefficient (Wildman–Crippen LogP) is 1.42. The topological polar surface area (TPSA) is 91.8 Å². The van der Waals surface area contributed by atoms with Gasteiger partial charge in [0.25, 0.3) is 0 Å². The number of carbonyl (C=O) groups excluding carboxylic acids is 1. The number of amides is 1. The summed E-state index contributed by atoms with van der Waals surface area (Å²) in [5.74, 6) is -1.59. The van der Waals surface area contributed by atoms with Crippen LogP contribution in [0.2, 0.25) is 0 Å². The summed E-state index contributed by atoms with van der Waals surface area (Å²) < 4.78 is 24.8. The van der Waals surface area contributed by atoms with Crippen molar-refractivity contribution in [2.75, 3.05) is 13.1 Å². The molecule has 21 heavy (non-hydrogen) atoms. The van der Waals surface area contributed by atoms with Crippen molar-refractivity contribution in [3.05, 3.63) is 29.8 Å². The van der Waals surface area contributed by atoms with Crippen molar-refractivity contribution in [3.63, 3.8) is 0 Å². The zero-order valence-electron chi connectivity index (χ0n) is 12.2. The third-order valence-electron chi connectivity index (χ3n) is 3.32. The third-order valence-corrected chi connectivity index (χ3v) is 5.38. The lowest BCUT2D eigenvalue weighted by Gasteiger charge is -2.22. The van der Waals surface area contributed by atoms with Gasteiger partial charge >= 0.3 is 5.97 Å². The van der Waals surface area contributed by atoms with Crippen LogP contribution in [0.15, 0.2) is 29.2 Å². The minimum atomic E-state index is -3.83. The van der Waals surface area contributed by atoms with Gasteiger partial charge in [0.15, 0.2) is 9.84 Å². The van der Waals surface area contributed by atoms with Gasteiger partial charge in [0, 0.05) is 13.1 Å². The van der Waals surface area contributed by atoms with E-state index < -0.39 is 27.0 Å². The Hall–Kier alpha value is -1.89. The molecule has 7 heteroatoms. The molecule has 0 radical (unpaired) electrons. The average molecular weight is 313 g/mol. The van der Waals surface area contributed by atoms with E-state index >= 15 is 0 Å². The molecule has 1 atom stereocenters. The van der Waals surface area contributed by atoms with Gasteiger partial charge in [-0.25, -0.2) is 13.2 Å². The Bertz CT molecular complexity index is 617. The standard InChI is InChI=1S/C14H19NO5S/c1-4-15(5-2)13(16)10(3)21(19,20)12-8-6-11(7-9-12)14(17)18/h6-10H,4-5H2,1-3H3,(H,17,18). The lowest BCUT2D eigenvalue weighted by molar-refractivity contribution is -0.130. The molecule has 1 unspecified atom stereocenters. The smallest absolute Gasteiger partial charge is 0.335 e. The van der Waals surface area contributed by atoms with Gasteiger partial charge in [-0.05, 0) is 45.0 Å². The van der Waals surface area contributed by atoms with Crippen molar-refractivity contribution in [1.29, 1.82) is 0 Å². The Morgan fingerprint density at radius 1 is 1.14 bits per heavy atom. The number of nitrogens with zero attached hydrogens (tertiary/aromatic N) is 1. The third kappa shape index (κ3) is 3.60. The second-order valence-corrected chi connectivity index (χ2v) is 6.80. The van der Waals surface area contributed by atoms with Crippen molar-refractivity contribution in [2.24, 2.45) is 0 Å². The molecule has 6 nitrogen and oxygen atoms in total. The van der Waals surface area contributed by atoms with E-state index in [9.17, 15) is 18.0 Å². The number of hydrogen-bond acceptors (Lipinski definition) is 4. The number of rotatable bonds is 6. The van der Waals surface area contributed by atoms with Crippen LogP contribution in [0.5, 0.6) is 0 Å². The molecule has 0 aliphatic carbocycles. The highest BCUT2D eigenvalue weighted by atomic mass is 32.2. The number of carbonyl (C=O) groups is 2. The van der Waals surface area contributed by atoms with Crippen LogP contribution >= 0.6 is 0 Å². The van der Waals surface area contributed by atoms with Crippen LogP contribution < -0.4 is 0 Å². The van der Waals surface area contributed by atoms with E-state index in [1.165, 1.54) is 36.1 Å². The molecule has 0 fully saturated rings. The number of sulfone groups is 1. The quantitative estimate of drug-likeness (QED) is 0.857. The number of carboxylic acid groups (broad SMARTS) is 1. The van der Waals surface area contributed by atoms with E-state index in [0.29, 0.717) is 13.1 Å². The van der Waals surface area contributed by atoms with Crippen molar-refractivity contribution in [2.45, 2.75) is 30.9 Å². The zero-order chi connectivity index (χ0) is 16.2. The van der Waals surface area contributed by atoms with Gasteiger partial charge in [-0.15, -0.1) is 0 Å². The van der Waals surface area contributed by atoms with E-state index in [-0.39, 0.29) is 10.5 Å². The molecular formula is C14H19NO5S. The van der Waals surface area contributed by atoms with Crippen molar-refractivity contribution in [1.82, 2.24) is 4.90 Å². The Balaban J connectivity index is 3.10. The van der Waals surface area contributed by atoms with Crippen LogP contribution in [0, 0.1) is 0 Å². The Kier molecular flexibility index (Phi) is 5.48. The van der Waals surface area contributed by atoms with Crippen LogP contribution in [0.1, 0.15) is 31.1 Å². The fraction of sp³-hybridized carbons (Fsp3) is 0.429. The molecule has 0 aromatic heterocycles. The van der Waals surface area contributed by atoms with Crippen molar-refractivity contribution >= 4 is 21.7 Å². The Morgan fingerprint density at radius 2 is 1.62 bits per heavy atom. The summed E-state index contributed by atoms with van der Waals surface area (Å²) in [4.78, 5) is 24.3. The van der Waals surface area contributed by atoms with Gasteiger partial charge in [0.2, 0.25) is 5.91 Å². The van der Waals surface area contributed by atoms with E-state index in [0.717, 1.165) is 0 Å². The molecular weight excluding hydrogens is 294 g/mol. The summed E-state index contributed by atoms with van der Waals surface area (Å²) in [6.07, 6.45) is 0. The minimum Gasteiger partial charge on any atom is -0.478 e. The number of aromatic carboxylic acids is 1. The van der Waals surface area contributed by atoms with Crippen molar-refractivity contribution < 1.29 is 23.1 Å². The molecule has 1 aromatic rings. The SMILES string of the molecule is CCN(CC)C(=O)C(C)S(=O)(=O)c1ccc(C(=O)O)cc1. The second-order valence-electron chi connectivity index (χ2n) is 4.53. The molecule has 1 aromatic carbocycles. The fourth-order valence-corrected chi connectivity index (χ4v) is 3.25. The van der Waals surface area contributed by atoms with Gasteiger partial charge in [0.1, 0.15) is 5.25 Å². The first-order valence-corrected chi connectivity index (χ1v) is 8.16.